The molecule has 3 heteroatoms. The lowest BCUT2D eigenvalue weighted by molar-refractivity contribution is 0.727. The van der Waals surface area contributed by atoms with Gasteiger partial charge in [0.25, 0.3) is 0 Å². The minimum Gasteiger partial charge on any atom is -0.340 e. The molecule has 0 atom stereocenters. The molecule has 0 aliphatic rings. The van der Waals surface area contributed by atoms with Crippen LogP contribution in [0.15, 0.2) is 36.8 Å². The van der Waals surface area contributed by atoms with Gasteiger partial charge in [-0.25, -0.2) is 4.98 Å². The maximum Gasteiger partial charge on any atom is 0.0951 e. The lowest BCUT2D eigenvalue weighted by atomic mass is 10.1. The number of nitrogens with zero attached hydrogens (tertiary/aromatic N) is 2. The Morgan fingerprint density at radius 2 is 2.00 bits per heavy atom. The number of benzene rings is 1. The van der Waals surface area contributed by atoms with Gasteiger partial charge in [0.15, 0.2) is 0 Å². The molecule has 0 amide bonds. The molecule has 16 heavy (non-hydrogen) atoms. The van der Waals surface area contributed by atoms with Crippen molar-refractivity contribution in [2.24, 2.45) is 7.05 Å². The van der Waals surface area contributed by atoms with Gasteiger partial charge in [-0.15, -0.1) is 0 Å². The van der Waals surface area contributed by atoms with Crippen molar-refractivity contribution >= 4 is 0 Å². The highest BCUT2D eigenvalue weighted by Gasteiger charge is 2.00. The summed E-state index contributed by atoms with van der Waals surface area (Å²) in [6.45, 7) is 4.04. The van der Waals surface area contributed by atoms with Crippen LogP contribution in [-0.4, -0.2) is 16.1 Å². The summed E-state index contributed by atoms with van der Waals surface area (Å²) >= 11 is 0. The van der Waals surface area contributed by atoms with Gasteiger partial charge < -0.3 is 9.88 Å². The van der Waals surface area contributed by atoms with E-state index in [2.05, 4.69) is 41.5 Å². The predicted octanol–water partition coefficient (Wildman–Crippen LogP) is 2.20. The van der Waals surface area contributed by atoms with Crippen molar-refractivity contribution in [1.82, 2.24) is 14.9 Å². The molecule has 0 spiro atoms. The summed E-state index contributed by atoms with van der Waals surface area (Å²) in [5.41, 5.74) is 3.50. The van der Waals surface area contributed by atoms with Gasteiger partial charge in [0, 0.05) is 25.4 Å². The number of rotatable bonds is 4. The van der Waals surface area contributed by atoms with Gasteiger partial charge in [0.1, 0.15) is 0 Å². The molecule has 0 saturated heterocycles. The van der Waals surface area contributed by atoms with Crippen molar-refractivity contribution in [2.75, 3.05) is 6.54 Å². The summed E-state index contributed by atoms with van der Waals surface area (Å²) in [6.07, 6.45) is 3.85. The molecule has 1 aromatic carbocycles. The van der Waals surface area contributed by atoms with Crippen molar-refractivity contribution in [3.05, 3.63) is 42.4 Å². The van der Waals surface area contributed by atoms with Crippen molar-refractivity contribution < 1.29 is 0 Å². The molecular formula is C13H17N3. The van der Waals surface area contributed by atoms with Crippen LogP contribution in [-0.2, 0) is 13.6 Å². The Labute approximate surface area is 96.1 Å². The fraction of sp³-hybridized carbons (Fsp3) is 0.308. The highest BCUT2D eigenvalue weighted by Crippen LogP contribution is 2.17. The fourth-order valence-corrected chi connectivity index (χ4v) is 1.62. The van der Waals surface area contributed by atoms with Crippen LogP contribution in [0.1, 0.15) is 12.5 Å². The van der Waals surface area contributed by atoms with Gasteiger partial charge in [-0.05, 0) is 12.1 Å². The van der Waals surface area contributed by atoms with Crippen LogP contribution in [0.5, 0.6) is 0 Å². The molecular weight excluding hydrogens is 198 g/mol. The summed E-state index contributed by atoms with van der Waals surface area (Å²) in [6, 6.07) is 8.53. The first-order chi connectivity index (χ1) is 7.79. The Morgan fingerprint density at radius 3 is 2.56 bits per heavy atom. The van der Waals surface area contributed by atoms with Crippen molar-refractivity contribution in [2.45, 2.75) is 13.5 Å². The third-order valence-corrected chi connectivity index (χ3v) is 2.53. The van der Waals surface area contributed by atoms with Gasteiger partial charge in [0.05, 0.1) is 12.0 Å². The van der Waals surface area contributed by atoms with Crippen LogP contribution in [0.4, 0.5) is 0 Å². The lowest BCUT2D eigenvalue weighted by Crippen LogP contribution is -2.11. The second-order valence-corrected chi connectivity index (χ2v) is 3.90. The quantitative estimate of drug-likeness (QED) is 0.847. The van der Waals surface area contributed by atoms with E-state index in [9.17, 15) is 0 Å². The minimum absolute atomic E-state index is 0.930. The topological polar surface area (TPSA) is 29.9 Å². The Kier molecular flexibility index (Phi) is 3.37. The summed E-state index contributed by atoms with van der Waals surface area (Å²) in [4.78, 5) is 4.33. The van der Waals surface area contributed by atoms with Gasteiger partial charge in [-0.2, -0.15) is 0 Å². The minimum atomic E-state index is 0.930. The molecule has 2 aromatic rings. The second-order valence-electron chi connectivity index (χ2n) is 3.90. The maximum absolute atomic E-state index is 4.33. The Bertz CT molecular complexity index is 442. The Balaban J connectivity index is 2.13. The highest BCUT2D eigenvalue weighted by molar-refractivity contribution is 5.58. The molecule has 0 unspecified atom stereocenters. The monoisotopic (exact) mass is 215 g/mol. The maximum atomic E-state index is 4.33. The number of nitrogens with one attached hydrogen (secondary N) is 1. The van der Waals surface area contributed by atoms with Crippen LogP contribution in [0.25, 0.3) is 11.3 Å². The molecule has 84 valence electrons. The first-order valence-electron chi connectivity index (χ1n) is 5.57. The van der Waals surface area contributed by atoms with Crippen molar-refractivity contribution in [1.29, 1.82) is 0 Å². The van der Waals surface area contributed by atoms with Gasteiger partial charge >= 0.3 is 0 Å². The van der Waals surface area contributed by atoms with E-state index >= 15 is 0 Å². The third kappa shape index (κ3) is 2.49. The SMILES string of the molecule is CCNCc1ccc(-c2cn(C)cn2)cc1. The van der Waals surface area contributed by atoms with Crippen LogP contribution in [0.3, 0.4) is 0 Å². The Hall–Kier alpha value is -1.61. The van der Waals surface area contributed by atoms with E-state index in [1.165, 1.54) is 11.1 Å². The van der Waals surface area contributed by atoms with Gasteiger partial charge in [0.2, 0.25) is 0 Å². The van der Waals surface area contributed by atoms with Crippen LogP contribution >= 0.6 is 0 Å². The van der Waals surface area contributed by atoms with E-state index in [-0.39, 0.29) is 0 Å². The van der Waals surface area contributed by atoms with Crippen molar-refractivity contribution in [3.8, 4) is 11.3 Å². The zero-order valence-corrected chi connectivity index (χ0v) is 9.77. The van der Waals surface area contributed by atoms with Crippen LogP contribution < -0.4 is 5.32 Å². The largest absolute Gasteiger partial charge is 0.340 e. The van der Waals surface area contributed by atoms with Gasteiger partial charge in [-0.3, -0.25) is 0 Å². The van der Waals surface area contributed by atoms with E-state index in [1.807, 2.05) is 24.1 Å². The summed E-state index contributed by atoms with van der Waals surface area (Å²) in [5, 5.41) is 3.31. The molecule has 0 aliphatic carbocycles. The molecule has 0 fully saturated rings. The van der Waals surface area contributed by atoms with E-state index in [0.717, 1.165) is 18.8 Å². The number of hydrogen-bond donors (Lipinski definition) is 1. The third-order valence-electron chi connectivity index (χ3n) is 2.53. The molecule has 0 bridgehead atoms. The highest BCUT2D eigenvalue weighted by atomic mass is 15.0. The molecule has 2 rings (SSSR count). The normalized spacial score (nSPS) is 10.6. The van der Waals surface area contributed by atoms with Crippen LogP contribution in [0.2, 0.25) is 0 Å². The molecule has 1 heterocycles. The first kappa shape index (κ1) is 10.9. The lowest BCUT2D eigenvalue weighted by Gasteiger charge is -2.02. The van der Waals surface area contributed by atoms with E-state index in [0.29, 0.717) is 0 Å². The average molecular weight is 215 g/mol. The second kappa shape index (κ2) is 4.94. The van der Waals surface area contributed by atoms with E-state index in [1.54, 1.807) is 0 Å². The van der Waals surface area contributed by atoms with Crippen LogP contribution in [0, 0.1) is 0 Å². The summed E-state index contributed by atoms with van der Waals surface area (Å²) in [5.74, 6) is 0. The number of aryl methyl sites for hydroxylation is 1. The molecule has 0 saturated carbocycles. The standard InChI is InChI=1S/C13H17N3/c1-3-14-8-11-4-6-12(7-5-11)13-9-16(2)10-15-13/h4-7,9-10,14H,3,8H2,1-2H3. The molecule has 1 N–H and O–H groups in total. The van der Waals surface area contributed by atoms with Crippen molar-refractivity contribution in [3.63, 3.8) is 0 Å². The molecule has 3 nitrogen and oxygen atoms in total. The number of hydrogen-bond acceptors (Lipinski definition) is 2. The molecule has 0 aliphatic heterocycles. The summed E-state index contributed by atoms with van der Waals surface area (Å²) < 4.78 is 1.96. The Morgan fingerprint density at radius 1 is 1.25 bits per heavy atom. The zero-order chi connectivity index (χ0) is 11.4. The molecule has 1 aromatic heterocycles. The predicted molar refractivity (Wildman–Crippen MR) is 66.0 cm³/mol. The summed E-state index contributed by atoms with van der Waals surface area (Å²) in [7, 11) is 1.98. The zero-order valence-electron chi connectivity index (χ0n) is 9.77. The van der Waals surface area contributed by atoms with E-state index < -0.39 is 0 Å². The van der Waals surface area contributed by atoms with Gasteiger partial charge in [-0.1, -0.05) is 31.2 Å². The smallest absolute Gasteiger partial charge is 0.0951 e. The molecule has 0 radical (unpaired) electrons. The fourth-order valence-electron chi connectivity index (χ4n) is 1.62. The average Bonchev–Trinajstić information content (AvgIpc) is 2.74. The first-order valence-corrected chi connectivity index (χ1v) is 5.57. The number of aromatic nitrogens is 2. The van der Waals surface area contributed by atoms with E-state index in [4.69, 9.17) is 0 Å². The number of imidazole rings is 1.